The largest absolute Gasteiger partial charge is 0.382 e. The molecule has 0 saturated carbocycles. The second-order valence-electron chi connectivity index (χ2n) is 31.9. The summed E-state index contributed by atoms with van der Waals surface area (Å²) in [5, 5.41) is 14.4. The predicted octanol–water partition coefficient (Wildman–Crippen LogP) is -0.771. The highest BCUT2D eigenvalue weighted by molar-refractivity contribution is 5.78. The van der Waals surface area contributed by atoms with Gasteiger partial charge in [0.15, 0.2) is 0 Å². The summed E-state index contributed by atoms with van der Waals surface area (Å²) >= 11 is 0. The van der Waals surface area contributed by atoms with Gasteiger partial charge in [0.1, 0.15) is 0 Å². The van der Waals surface area contributed by atoms with Crippen molar-refractivity contribution in [1.82, 2.24) is 26.6 Å². The summed E-state index contributed by atoms with van der Waals surface area (Å²) < 4.78 is 216. The Morgan fingerprint density at radius 1 is 0.160 bits per heavy atom. The van der Waals surface area contributed by atoms with Crippen LogP contribution in [0.15, 0.2) is 0 Å². The van der Waals surface area contributed by atoms with Gasteiger partial charge in [0.05, 0.1) is 501 Å². The number of hydrogen-bond donors (Lipinski definition) is 6. The second kappa shape index (κ2) is 128. The van der Waals surface area contributed by atoms with E-state index in [0.717, 1.165) is 0 Å². The van der Waals surface area contributed by atoms with Crippen molar-refractivity contribution in [2.45, 2.75) is 69.7 Å². The van der Waals surface area contributed by atoms with E-state index in [0.29, 0.717) is 449 Å². The van der Waals surface area contributed by atoms with Crippen molar-refractivity contribution in [2.24, 2.45) is 5.73 Å². The van der Waals surface area contributed by atoms with E-state index in [-0.39, 0.29) is 167 Å². The standard InChI is InChI=1S/C99H194N6O45/c1-112-25-28-120-41-44-128-55-58-134-67-70-140-79-82-146-88-85-143-76-73-137-64-61-131-52-49-125-37-32-116-21-14-101-94(107)8-4-5-13-99(105-98(111)12-18-115-31-36-123-47-48-124-38-33-117-22-15-102-95(108)9-6-7-93(100)106,91-149-19-10-96(109)103-16-23-118-34-39-126-50-53-132-62-65-138-74-77-144-86-89-147-83-80-141-71-68-135-59-56-129-45-42-121-29-26-113-2)92-150-20-11-97(110)104-17-24-119-35-40-127-51-54-133-63-66-139-75-78-145-87-90-148-84-81-142-72-69-136-60-57-130-46-43-122-30-27-114-3/h4-92H2,1-3H3,(H2,100,106)(H,101,107)(H,102,108)(H,103,109)(H,104,110)(H,105,111). The molecule has 0 bridgehead atoms. The quantitative estimate of drug-likeness (QED) is 0.0407. The number of nitrogens with one attached hydrogen (secondary N) is 5. The molecule has 0 aromatic carbocycles. The second-order valence-corrected chi connectivity index (χ2v) is 31.9. The summed E-state index contributed by atoms with van der Waals surface area (Å²) in [6.45, 7) is 30.2. The average molecular weight is 2190 g/mol. The molecule has 150 heavy (non-hydrogen) atoms. The Bertz CT molecular complexity index is 2530. The molecule has 0 saturated heterocycles. The number of unbranched alkanes of at least 4 members (excludes halogenated alkanes) is 1. The van der Waals surface area contributed by atoms with E-state index in [1.807, 2.05) is 0 Å². The van der Waals surface area contributed by atoms with Gasteiger partial charge in [-0.05, 0) is 19.3 Å². The highest BCUT2D eigenvalue weighted by Crippen LogP contribution is 2.19. The van der Waals surface area contributed by atoms with E-state index in [1.54, 1.807) is 21.3 Å². The van der Waals surface area contributed by atoms with Crippen LogP contribution < -0.4 is 32.3 Å². The average Bonchev–Trinajstić information content (AvgIpc) is 0.852. The number of rotatable bonds is 134. The first-order valence-electron chi connectivity index (χ1n) is 53.0. The molecule has 0 aromatic rings. The zero-order valence-corrected chi connectivity index (χ0v) is 90.9. The monoisotopic (exact) mass is 2190 g/mol. The molecule has 0 heterocycles. The minimum Gasteiger partial charge on any atom is -0.382 e. The molecule has 7 N–H and O–H groups in total. The van der Waals surface area contributed by atoms with Crippen LogP contribution in [-0.2, 0) is 214 Å². The lowest BCUT2D eigenvalue weighted by Crippen LogP contribution is -2.55. The fraction of sp³-hybridized carbons (Fsp3) is 0.939. The minimum absolute atomic E-state index is 0.0156. The maximum Gasteiger partial charge on any atom is 0.222 e. The molecule has 0 rings (SSSR count). The van der Waals surface area contributed by atoms with Gasteiger partial charge in [-0.25, -0.2) is 0 Å². The Labute approximate surface area is 890 Å². The normalized spacial score (nSPS) is 11.7. The van der Waals surface area contributed by atoms with Crippen LogP contribution in [0.5, 0.6) is 0 Å². The molecular formula is C99H194N6O45. The van der Waals surface area contributed by atoms with Gasteiger partial charge in [-0.15, -0.1) is 0 Å². The molecule has 51 heteroatoms. The van der Waals surface area contributed by atoms with Crippen LogP contribution in [0.3, 0.4) is 0 Å². The fourth-order valence-corrected chi connectivity index (χ4v) is 11.7. The number of methoxy groups -OCH3 is 3. The van der Waals surface area contributed by atoms with Crippen molar-refractivity contribution in [3.8, 4) is 0 Å². The molecule has 0 aromatic heterocycles. The molecular weight excluding hydrogens is 1990 g/mol. The number of nitrogens with two attached hydrogens (primary N) is 1. The zero-order chi connectivity index (χ0) is 108. The molecule has 0 aliphatic carbocycles. The number of carbonyl (C=O) groups is 6. The summed E-state index contributed by atoms with van der Waals surface area (Å²) in [4.78, 5) is 76.2. The van der Waals surface area contributed by atoms with Crippen LogP contribution in [0.25, 0.3) is 0 Å². The van der Waals surface area contributed by atoms with Gasteiger partial charge in [-0.2, -0.15) is 0 Å². The summed E-state index contributed by atoms with van der Waals surface area (Å²) in [5.41, 5.74) is 3.95. The molecule has 0 atom stereocenters. The summed E-state index contributed by atoms with van der Waals surface area (Å²) in [7, 11) is 4.90. The highest BCUT2D eigenvalue weighted by Gasteiger charge is 2.33. The first-order valence-corrected chi connectivity index (χ1v) is 53.0. The van der Waals surface area contributed by atoms with E-state index in [9.17, 15) is 28.8 Å². The molecule has 0 aliphatic rings. The van der Waals surface area contributed by atoms with Gasteiger partial charge in [0, 0.05) is 86.0 Å². The number of carbonyl (C=O) groups excluding carboxylic acids is 6. The first kappa shape index (κ1) is 145. The maximum atomic E-state index is 14.0. The lowest BCUT2D eigenvalue weighted by atomic mass is 9.93. The van der Waals surface area contributed by atoms with Crippen LogP contribution in [0.1, 0.15) is 64.2 Å². The van der Waals surface area contributed by atoms with Gasteiger partial charge in [-0.1, -0.05) is 6.42 Å². The fourth-order valence-electron chi connectivity index (χ4n) is 11.7. The lowest BCUT2D eigenvalue weighted by molar-refractivity contribution is -0.129. The summed E-state index contributed by atoms with van der Waals surface area (Å²) in [6.07, 6.45) is 1.98. The van der Waals surface area contributed by atoms with Crippen LogP contribution in [-0.4, -0.2) is 584 Å². The summed E-state index contributed by atoms with van der Waals surface area (Å²) in [5.74, 6) is -1.78. The minimum atomic E-state index is -1.19. The molecule has 0 radical (unpaired) electrons. The van der Waals surface area contributed by atoms with Gasteiger partial charge in [-0.3, -0.25) is 28.8 Å². The highest BCUT2D eigenvalue weighted by atomic mass is 16.6. The maximum absolute atomic E-state index is 14.0. The van der Waals surface area contributed by atoms with Crippen molar-refractivity contribution in [3.63, 3.8) is 0 Å². The third-order valence-electron chi connectivity index (χ3n) is 19.4. The number of primary amides is 1. The van der Waals surface area contributed by atoms with E-state index >= 15 is 0 Å². The van der Waals surface area contributed by atoms with Crippen molar-refractivity contribution in [3.05, 3.63) is 0 Å². The van der Waals surface area contributed by atoms with E-state index in [4.69, 9.17) is 190 Å². The number of ether oxygens (including phenoxy) is 39. The zero-order valence-electron chi connectivity index (χ0n) is 90.9. The van der Waals surface area contributed by atoms with Gasteiger partial charge < -0.3 is 217 Å². The topological polar surface area (TPSA) is 549 Å². The van der Waals surface area contributed by atoms with E-state index < -0.39 is 11.4 Å². The van der Waals surface area contributed by atoms with Crippen LogP contribution >= 0.6 is 0 Å². The van der Waals surface area contributed by atoms with Crippen molar-refractivity contribution < 1.29 is 214 Å². The first-order chi connectivity index (χ1) is 74.1. The number of amides is 6. The van der Waals surface area contributed by atoms with Gasteiger partial charge >= 0.3 is 0 Å². The van der Waals surface area contributed by atoms with Crippen molar-refractivity contribution in [1.29, 1.82) is 0 Å². The predicted molar refractivity (Wildman–Crippen MR) is 543 cm³/mol. The Kier molecular flexibility index (Phi) is 124. The third-order valence-corrected chi connectivity index (χ3v) is 19.4. The molecule has 0 aliphatic heterocycles. The molecule has 890 valence electrons. The molecule has 0 fully saturated rings. The number of hydrogen-bond acceptors (Lipinski definition) is 45. The smallest absolute Gasteiger partial charge is 0.222 e. The van der Waals surface area contributed by atoms with Crippen LogP contribution in [0, 0.1) is 0 Å². The Hall–Kier alpha value is -4.74. The van der Waals surface area contributed by atoms with Gasteiger partial charge in [0.2, 0.25) is 35.4 Å². The van der Waals surface area contributed by atoms with E-state index in [2.05, 4.69) is 26.6 Å². The van der Waals surface area contributed by atoms with Crippen molar-refractivity contribution >= 4 is 35.4 Å². The van der Waals surface area contributed by atoms with Crippen molar-refractivity contribution in [2.75, 3.05) is 543 Å². The van der Waals surface area contributed by atoms with E-state index in [1.165, 1.54) is 0 Å². The molecule has 0 unspecified atom stereocenters. The lowest BCUT2D eigenvalue weighted by Gasteiger charge is -2.35. The summed E-state index contributed by atoms with van der Waals surface area (Å²) in [6, 6.07) is 0. The molecule has 0 spiro atoms. The van der Waals surface area contributed by atoms with Gasteiger partial charge in [0.25, 0.3) is 0 Å². The molecule has 6 amide bonds. The van der Waals surface area contributed by atoms with Crippen LogP contribution in [0.4, 0.5) is 0 Å². The Morgan fingerprint density at radius 2 is 0.307 bits per heavy atom. The molecule has 51 nitrogen and oxygen atoms in total. The van der Waals surface area contributed by atoms with Crippen LogP contribution in [0.2, 0.25) is 0 Å². The SMILES string of the molecule is COCCOCCOCCOCCOCCOCCOCCOCCOCCOCCOCCNC(=O)CCCCC(COCCC(=O)NCCOCCOCCOCCOCCOCCOCCOCCOCCOCCOCCOC)(COCCC(=O)NCCOCCOCCOCCOCCOCCOCCOCCOCCOCCOCCOC)NC(=O)CCOCCOCCOCCOCCNC(=O)CCCC(N)=O. The Balaban J connectivity index is 5.21. The third kappa shape index (κ3) is 123. The Morgan fingerprint density at radius 3 is 0.487 bits per heavy atom.